The van der Waals surface area contributed by atoms with Crippen LogP contribution in [0.1, 0.15) is 10.5 Å². The summed E-state index contributed by atoms with van der Waals surface area (Å²) in [5, 5.41) is 6.18. The van der Waals surface area contributed by atoms with Gasteiger partial charge in [-0.3, -0.25) is 24.6 Å². The molecular formula is C20H13N7OS. The van der Waals surface area contributed by atoms with E-state index >= 15 is 0 Å². The molecule has 0 spiro atoms. The molecule has 5 aromatic rings. The maximum absolute atomic E-state index is 12.7. The van der Waals surface area contributed by atoms with Crippen molar-refractivity contribution in [2.24, 2.45) is 0 Å². The summed E-state index contributed by atoms with van der Waals surface area (Å²) >= 11 is 1.34. The maximum Gasteiger partial charge on any atom is 0.276 e. The fourth-order valence-corrected chi connectivity index (χ4v) is 3.58. The van der Waals surface area contributed by atoms with Gasteiger partial charge in [0.05, 0.1) is 41.8 Å². The molecule has 0 aromatic carbocycles. The van der Waals surface area contributed by atoms with E-state index in [-0.39, 0.29) is 5.91 Å². The predicted molar refractivity (Wildman–Crippen MR) is 110 cm³/mol. The van der Waals surface area contributed by atoms with Gasteiger partial charge in [-0.2, -0.15) is 0 Å². The highest BCUT2D eigenvalue weighted by Gasteiger charge is 2.16. The number of rotatable bonds is 4. The fraction of sp³-hybridized carbons (Fsp3) is 0. The van der Waals surface area contributed by atoms with Gasteiger partial charge in [-0.25, -0.2) is 15.0 Å². The summed E-state index contributed by atoms with van der Waals surface area (Å²) in [6.45, 7) is 0. The number of carbonyl (C=O) groups excluding carboxylic acids is 1. The van der Waals surface area contributed by atoms with Gasteiger partial charge in [-0.15, -0.1) is 11.3 Å². The third-order valence-corrected chi connectivity index (χ3v) is 5.03. The minimum absolute atomic E-state index is 0.303. The first kappa shape index (κ1) is 17.1. The number of carbonyl (C=O) groups is 1. The first-order chi connectivity index (χ1) is 14.3. The molecule has 29 heavy (non-hydrogen) atoms. The summed E-state index contributed by atoms with van der Waals surface area (Å²) in [6, 6.07) is 9.44. The fourth-order valence-electron chi connectivity index (χ4n) is 2.88. The first-order valence-electron chi connectivity index (χ1n) is 8.69. The molecule has 0 unspecified atom stereocenters. The quantitative estimate of drug-likeness (QED) is 0.496. The van der Waals surface area contributed by atoms with Crippen LogP contribution in [0.3, 0.4) is 0 Å². The van der Waals surface area contributed by atoms with E-state index < -0.39 is 0 Å². The van der Waals surface area contributed by atoms with E-state index in [1.165, 1.54) is 17.5 Å². The zero-order chi connectivity index (χ0) is 19.6. The number of aromatic nitrogens is 6. The summed E-state index contributed by atoms with van der Waals surface area (Å²) in [4.78, 5) is 34.1. The van der Waals surface area contributed by atoms with Crippen LogP contribution in [-0.2, 0) is 0 Å². The lowest BCUT2D eigenvalue weighted by Crippen LogP contribution is -2.16. The molecule has 8 nitrogen and oxygen atoms in total. The smallest absolute Gasteiger partial charge is 0.276 e. The van der Waals surface area contributed by atoms with Crippen LogP contribution in [0, 0.1) is 0 Å². The number of imidazole rings is 1. The minimum Gasteiger partial charge on any atom is -0.296 e. The standard InChI is InChI=1S/C20H13N7OS/c28-19(18-10-23-12-27(18)14-2-1-6-21-8-14)26-20-25-17(11-29-20)15-4-3-13-5-7-22-9-16(13)24-15/h1-12H,(H,25,26,28). The van der Waals surface area contributed by atoms with E-state index in [1.54, 1.807) is 41.7 Å². The van der Waals surface area contributed by atoms with Crippen molar-refractivity contribution in [3.05, 3.63) is 78.7 Å². The predicted octanol–water partition coefficient (Wildman–Crippen LogP) is 3.59. The second-order valence-corrected chi connectivity index (χ2v) is 6.98. The number of anilines is 1. The molecule has 0 aliphatic heterocycles. The number of nitrogens with one attached hydrogen (secondary N) is 1. The number of hydrogen-bond donors (Lipinski definition) is 1. The van der Waals surface area contributed by atoms with Gasteiger partial charge in [0.2, 0.25) is 0 Å². The summed E-state index contributed by atoms with van der Waals surface area (Å²) < 4.78 is 1.68. The lowest BCUT2D eigenvalue weighted by atomic mass is 10.2. The van der Waals surface area contributed by atoms with Crippen molar-refractivity contribution in [3.63, 3.8) is 0 Å². The van der Waals surface area contributed by atoms with Gasteiger partial charge in [0.25, 0.3) is 5.91 Å². The molecule has 1 N–H and O–H groups in total. The Balaban J connectivity index is 1.39. The molecule has 0 radical (unpaired) electrons. The Hall–Kier alpha value is -3.98. The van der Waals surface area contributed by atoms with E-state index in [2.05, 4.69) is 30.2 Å². The van der Waals surface area contributed by atoms with Gasteiger partial charge in [-0.05, 0) is 24.3 Å². The number of fused-ring (bicyclic) bond motifs is 1. The molecule has 9 heteroatoms. The summed E-state index contributed by atoms with van der Waals surface area (Å²) in [7, 11) is 0. The van der Waals surface area contributed by atoms with Crippen molar-refractivity contribution in [1.29, 1.82) is 0 Å². The van der Waals surface area contributed by atoms with Crippen LogP contribution in [0.5, 0.6) is 0 Å². The molecule has 140 valence electrons. The van der Waals surface area contributed by atoms with E-state index in [4.69, 9.17) is 0 Å². The molecule has 5 heterocycles. The first-order valence-corrected chi connectivity index (χ1v) is 9.57. The topological polar surface area (TPSA) is 98.5 Å². The number of thiazole rings is 1. The van der Waals surface area contributed by atoms with E-state index in [9.17, 15) is 4.79 Å². The van der Waals surface area contributed by atoms with Crippen LogP contribution in [0.2, 0.25) is 0 Å². The Morgan fingerprint density at radius 1 is 0.931 bits per heavy atom. The van der Waals surface area contributed by atoms with Crippen LogP contribution in [0.15, 0.2) is 73.0 Å². The summed E-state index contributed by atoms with van der Waals surface area (Å²) in [5.41, 5.74) is 3.36. The molecule has 0 saturated carbocycles. The lowest BCUT2D eigenvalue weighted by molar-refractivity contribution is 0.102. The van der Waals surface area contributed by atoms with Gasteiger partial charge in [0.15, 0.2) is 5.13 Å². The zero-order valence-electron chi connectivity index (χ0n) is 14.9. The van der Waals surface area contributed by atoms with Crippen molar-refractivity contribution in [2.45, 2.75) is 0 Å². The van der Waals surface area contributed by atoms with E-state index in [0.717, 1.165) is 22.3 Å². The molecule has 0 aliphatic rings. The van der Waals surface area contributed by atoms with Crippen molar-refractivity contribution in [3.8, 4) is 17.1 Å². The number of nitrogens with zero attached hydrogens (tertiary/aromatic N) is 6. The Labute approximate surface area is 169 Å². The van der Waals surface area contributed by atoms with Gasteiger partial charge in [-0.1, -0.05) is 6.07 Å². The average molecular weight is 399 g/mol. The Morgan fingerprint density at radius 2 is 1.86 bits per heavy atom. The van der Waals surface area contributed by atoms with Crippen LogP contribution in [0.4, 0.5) is 5.13 Å². The largest absolute Gasteiger partial charge is 0.296 e. The van der Waals surface area contributed by atoms with E-state index in [0.29, 0.717) is 16.5 Å². The average Bonchev–Trinajstić information content (AvgIpc) is 3.44. The van der Waals surface area contributed by atoms with Crippen LogP contribution >= 0.6 is 11.3 Å². The number of pyridine rings is 3. The Morgan fingerprint density at radius 3 is 2.76 bits per heavy atom. The van der Waals surface area contributed by atoms with Crippen molar-refractivity contribution >= 4 is 33.3 Å². The van der Waals surface area contributed by atoms with Crippen molar-refractivity contribution < 1.29 is 4.79 Å². The van der Waals surface area contributed by atoms with Crippen LogP contribution in [-0.4, -0.2) is 35.4 Å². The van der Waals surface area contributed by atoms with Gasteiger partial charge >= 0.3 is 0 Å². The number of amides is 1. The molecule has 5 rings (SSSR count). The second kappa shape index (κ2) is 7.21. The van der Waals surface area contributed by atoms with Crippen LogP contribution < -0.4 is 5.32 Å². The highest BCUT2D eigenvalue weighted by molar-refractivity contribution is 7.14. The summed E-state index contributed by atoms with van der Waals surface area (Å²) in [5.74, 6) is -0.303. The van der Waals surface area contributed by atoms with Crippen molar-refractivity contribution in [2.75, 3.05) is 5.32 Å². The summed E-state index contributed by atoms with van der Waals surface area (Å²) in [6.07, 6.45) is 9.87. The third-order valence-electron chi connectivity index (χ3n) is 4.28. The zero-order valence-corrected chi connectivity index (χ0v) is 15.7. The van der Waals surface area contributed by atoms with Crippen molar-refractivity contribution in [1.82, 2.24) is 29.5 Å². The Bertz CT molecular complexity index is 1310. The molecule has 1 amide bonds. The molecule has 0 saturated heterocycles. The molecule has 0 bridgehead atoms. The molecule has 5 aromatic heterocycles. The molecule has 0 fully saturated rings. The normalized spacial score (nSPS) is 10.9. The van der Waals surface area contributed by atoms with Gasteiger partial charge in [0.1, 0.15) is 11.4 Å². The lowest BCUT2D eigenvalue weighted by Gasteiger charge is -2.06. The molecule has 0 aliphatic carbocycles. The van der Waals surface area contributed by atoms with Gasteiger partial charge in [0, 0.05) is 23.2 Å². The van der Waals surface area contributed by atoms with Gasteiger partial charge < -0.3 is 0 Å². The second-order valence-electron chi connectivity index (χ2n) is 6.12. The third kappa shape index (κ3) is 3.34. The van der Waals surface area contributed by atoms with E-state index in [1.807, 2.05) is 29.6 Å². The highest BCUT2D eigenvalue weighted by atomic mass is 32.1. The number of hydrogen-bond acceptors (Lipinski definition) is 7. The molecule has 0 atom stereocenters. The molecular weight excluding hydrogens is 386 g/mol. The van der Waals surface area contributed by atoms with Crippen LogP contribution in [0.25, 0.3) is 28.0 Å². The monoisotopic (exact) mass is 399 g/mol. The minimum atomic E-state index is -0.303. The Kier molecular flexibility index (Phi) is 4.26. The SMILES string of the molecule is O=C(Nc1nc(-c2ccc3ccncc3n2)cs1)c1cncn1-c1cccnc1. The maximum atomic E-state index is 12.7. The highest BCUT2D eigenvalue weighted by Crippen LogP contribution is 2.25.